The van der Waals surface area contributed by atoms with Crippen LogP contribution in [0.3, 0.4) is 0 Å². The van der Waals surface area contributed by atoms with Gasteiger partial charge in [0.1, 0.15) is 15.5 Å². The first-order chi connectivity index (χ1) is 16.4. The van der Waals surface area contributed by atoms with E-state index in [9.17, 15) is 9.59 Å². The van der Waals surface area contributed by atoms with Crippen molar-refractivity contribution in [3.05, 3.63) is 94.1 Å². The Bertz CT molecular complexity index is 1490. The molecule has 0 amide bonds. The summed E-state index contributed by atoms with van der Waals surface area (Å²) in [6.45, 7) is 5.95. The number of aromatic nitrogens is 3. The molecule has 5 rings (SSSR count). The van der Waals surface area contributed by atoms with E-state index in [2.05, 4.69) is 5.10 Å². The highest BCUT2D eigenvalue weighted by atomic mass is 32.1. The van der Waals surface area contributed by atoms with Crippen LogP contribution in [0.4, 0.5) is 0 Å². The Hall–Kier alpha value is -3.91. The second-order valence-electron chi connectivity index (χ2n) is 8.11. The molecule has 172 valence electrons. The first-order valence-corrected chi connectivity index (χ1v) is 11.7. The van der Waals surface area contributed by atoms with Gasteiger partial charge in [0.2, 0.25) is 5.78 Å². The fourth-order valence-corrected chi connectivity index (χ4v) is 5.13. The van der Waals surface area contributed by atoms with Crippen LogP contribution in [0.15, 0.2) is 65.3 Å². The summed E-state index contributed by atoms with van der Waals surface area (Å²) in [4.78, 5) is 26.9. The summed E-state index contributed by atoms with van der Waals surface area (Å²) in [5.74, 6) is 0.0548. The fraction of sp³-hybridized carbons (Fsp3) is 0.192. The largest absolute Gasteiger partial charge is 0.467 e. The molecule has 0 aliphatic rings. The van der Waals surface area contributed by atoms with Crippen molar-refractivity contribution in [1.29, 1.82) is 0 Å². The predicted octanol–water partition coefficient (Wildman–Crippen LogP) is 5.49. The normalized spacial score (nSPS) is 11.3. The van der Waals surface area contributed by atoms with Gasteiger partial charge in [-0.3, -0.25) is 4.79 Å². The predicted molar refractivity (Wildman–Crippen MR) is 130 cm³/mol. The van der Waals surface area contributed by atoms with E-state index in [1.165, 1.54) is 11.3 Å². The molecule has 0 radical (unpaired) electrons. The van der Waals surface area contributed by atoms with Crippen LogP contribution in [0.5, 0.6) is 0 Å². The number of hydrogen-bond acceptors (Lipinski definition) is 6. The number of hydrogen-bond donors (Lipinski definition) is 0. The maximum Gasteiger partial charge on any atom is 0.348 e. The van der Waals surface area contributed by atoms with E-state index >= 15 is 0 Å². The maximum absolute atomic E-state index is 12.9. The van der Waals surface area contributed by atoms with Crippen molar-refractivity contribution < 1.29 is 18.7 Å². The zero-order valence-corrected chi connectivity index (χ0v) is 19.9. The SMILES string of the molecule is Cc1nn(-c2ccccc2)c2sc(C(=O)OCC(=O)c3cc(C)n(Cc4ccco4)c3C)cc12. The van der Waals surface area contributed by atoms with Gasteiger partial charge in [-0.15, -0.1) is 11.3 Å². The van der Waals surface area contributed by atoms with Gasteiger partial charge in [-0.1, -0.05) is 18.2 Å². The van der Waals surface area contributed by atoms with E-state index in [-0.39, 0.29) is 12.4 Å². The molecule has 1 aromatic carbocycles. The number of thiophene rings is 1. The highest BCUT2D eigenvalue weighted by Crippen LogP contribution is 2.31. The van der Waals surface area contributed by atoms with Gasteiger partial charge in [0.15, 0.2) is 6.61 Å². The van der Waals surface area contributed by atoms with Gasteiger partial charge in [0.25, 0.3) is 0 Å². The number of ketones is 1. The van der Waals surface area contributed by atoms with Crippen LogP contribution in [0.1, 0.15) is 42.9 Å². The minimum Gasteiger partial charge on any atom is -0.467 e. The Morgan fingerprint density at radius 1 is 1.06 bits per heavy atom. The minimum atomic E-state index is -0.516. The monoisotopic (exact) mass is 473 g/mol. The summed E-state index contributed by atoms with van der Waals surface area (Å²) < 4.78 is 14.7. The number of carbonyl (C=O) groups excluding carboxylic acids is 2. The molecule has 7 nitrogen and oxygen atoms in total. The molecule has 0 aliphatic carbocycles. The Kier molecular flexibility index (Phi) is 5.67. The van der Waals surface area contributed by atoms with E-state index in [1.54, 1.807) is 12.3 Å². The van der Waals surface area contributed by atoms with E-state index in [4.69, 9.17) is 9.15 Å². The summed E-state index contributed by atoms with van der Waals surface area (Å²) >= 11 is 1.31. The average Bonchev–Trinajstić information content (AvgIpc) is 3.61. The second-order valence-corrected chi connectivity index (χ2v) is 9.14. The molecule has 34 heavy (non-hydrogen) atoms. The number of ether oxygens (including phenoxy) is 1. The van der Waals surface area contributed by atoms with Gasteiger partial charge in [-0.2, -0.15) is 5.10 Å². The van der Waals surface area contributed by atoms with Crippen molar-refractivity contribution >= 4 is 33.3 Å². The number of carbonyl (C=O) groups is 2. The molecule has 8 heteroatoms. The molecule has 5 aromatic rings. The summed E-state index contributed by atoms with van der Waals surface area (Å²) in [6, 6.07) is 17.1. The number of Topliss-reactive ketones (excluding diaryl/α,β-unsaturated/α-hetero) is 1. The van der Waals surface area contributed by atoms with Gasteiger partial charge < -0.3 is 13.7 Å². The third-order valence-electron chi connectivity index (χ3n) is 5.85. The summed E-state index contributed by atoms with van der Waals surface area (Å²) in [6.07, 6.45) is 1.63. The van der Waals surface area contributed by atoms with E-state index in [1.807, 2.05) is 78.6 Å². The van der Waals surface area contributed by atoms with E-state index in [0.717, 1.165) is 38.7 Å². The van der Waals surface area contributed by atoms with E-state index < -0.39 is 5.97 Å². The lowest BCUT2D eigenvalue weighted by Gasteiger charge is -2.08. The second kappa shape index (κ2) is 8.79. The molecular weight excluding hydrogens is 450 g/mol. The molecule has 0 saturated carbocycles. The van der Waals surface area contributed by atoms with Gasteiger partial charge >= 0.3 is 5.97 Å². The molecule has 4 aromatic heterocycles. The Labute approximate surface area is 200 Å². The molecule has 0 bridgehead atoms. The minimum absolute atomic E-state index is 0.236. The van der Waals surface area contributed by atoms with Crippen molar-refractivity contribution in [2.24, 2.45) is 0 Å². The number of aryl methyl sites for hydroxylation is 2. The Morgan fingerprint density at radius 3 is 2.59 bits per heavy atom. The van der Waals surface area contributed by atoms with Crippen LogP contribution in [0, 0.1) is 20.8 Å². The van der Waals surface area contributed by atoms with Gasteiger partial charge in [0.05, 0.1) is 24.2 Å². The van der Waals surface area contributed by atoms with Crippen molar-refractivity contribution in [3.8, 4) is 5.69 Å². The first kappa shape index (κ1) is 21.9. The molecule has 0 unspecified atom stereocenters. The lowest BCUT2D eigenvalue weighted by Crippen LogP contribution is -2.14. The molecule has 0 aliphatic heterocycles. The number of nitrogens with zero attached hydrogens (tertiary/aromatic N) is 3. The van der Waals surface area contributed by atoms with Gasteiger partial charge in [-0.25, -0.2) is 9.48 Å². The first-order valence-electron chi connectivity index (χ1n) is 10.9. The molecular formula is C26H23N3O4S. The van der Waals surface area contributed by atoms with Crippen molar-refractivity contribution in [3.63, 3.8) is 0 Å². The third-order valence-corrected chi connectivity index (χ3v) is 6.94. The summed E-state index contributed by atoms with van der Waals surface area (Å²) in [5, 5.41) is 5.49. The molecule has 0 atom stereocenters. The number of benzene rings is 1. The van der Waals surface area contributed by atoms with Crippen molar-refractivity contribution in [2.45, 2.75) is 27.3 Å². The number of esters is 1. The molecule has 0 saturated heterocycles. The summed E-state index contributed by atoms with van der Waals surface area (Å²) in [7, 11) is 0. The van der Waals surface area contributed by atoms with Gasteiger partial charge in [0, 0.05) is 22.3 Å². The zero-order chi connectivity index (χ0) is 23.8. The zero-order valence-electron chi connectivity index (χ0n) is 19.1. The molecule has 4 heterocycles. The number of rotatable bonds is 7. The lowest BCUT2D eigenvalue weighted by molar-refractivity contribution is 0.0479. The van der Waals surface area contributed by atoms with Crippen LogP contribution >= 0.6 is 11.3 Å². The maximum atomic E-state index is 12.9. The molecule has 0 spiro atoms. The van der Waals surface area contributed by atoms with Crippen molar-refractivity contribution in [2.75, 3.05) is 6.61 Å². The average molecular weight is 474 g/mol. The summed E-state index contributed by atoms with van der Waals surface area (Å²) in [5.41, 5.74) is 4.05. The quantitative estimate of drug-likeness (QED) is 0.231. The topological polar surface area (TPSA) is 79.3 Å². The van der Waals surface area contributed by atoms with Crippen LogP contribution < -0.4 is 0 Å². The lowest BCUT2D eigenvalue weighted by atomic mass is 10.1. The highest BCUT2D eigenvalue weighted by Gasteiger charge is 2.21. The number of fused-ring (bicyclic) bond motifs is 1. The van der Waals surface area contributed by atoms with Crippen LogP contribution in [-0.2, 0) is 11.3 Å². The van der Waals surface area contributed by atoms with E-state index in [0.29, 0.717) is 17.0 Å². The molecule has 0 N–H and O–H groups in total. The van der Waals surface area contributed by atoms with Crippen molar-refractivity contribution in [1.82, 2.24) is 14.3 Å². The van der Waals surface area contributed by atoms with Crippen LogP contribution in [0.25, 0.3) is 15.9 Å². The van der Waals surface area contributed by atoms with Crippen LogP contribution in [0.2, 0.25) is 0 Å². The standard InChI is InChI=1S/C26H23N3O4S/c1-16-12-22(18(3)28(16)14-20-10-7-11-32-20)23(30)15-33-26(31)24-13-21-17(2)27-29(25(21)34-24)19-8-5-4-6-9-19/h4-13H,14-15H2,1-3H3. The Balaban J connectivity index is 1.31. The number of furan rings is 1. The van der Waals surface area contributed by atoms with Crippen LogP contribution in [-0.4, -0.2) is 32.7 Å². The highest BCUT2D eigenvalue weighted by molar-refractivity contribution is 7.20. The smallest absolute Gasteiger partial charge is 0.348 e. The third kappa shape index (κ3) is 3.97. The Morgan fingerprint density at radius 2 is 1.85 bits per heavy atom. The van der Waals surface area contributed by atoms with Gasteiger partial charge in [-0.05, 0) is 57.2 Å². The fourth-order valence-electron chi connectivity index (χ4n) is 4.06. The number of para-hydroxylation sites is 1. The molecule has 0 fully saturated rings.